The van der Waals surface area contributed by atoms with E-state index >= 15 is 0 Å². The molecule has 0 saturated carbocycles. The van der Waals surface area contributed by atoms with Gasteiger partial charge in [-0.15, -0.1) is 0 Å². The van der Waals surface area contributed by atoms with E-state index in [1.54, 1.807) is 30.0 Å². The van der Waals surface area contributed by atoms with Gasteiger partial charge < -0.3 is 21.1 Å². The summed E-state index contributed by atoms with van der Waals surface area (Å²) in [6.07, 6.45) is 5.05. The number of hydrogen-bond acceptors (Lipinski definition) is 5. The molecule has 0 radical (unpaired) electrons. The summed E-state index contributed by atoms with van der Waals surface area (Å²) >= 11 is 0. The number of primary amides is 1. The number of benzene rings is 2. The van der Waals surface area contributed by atoms with Crippen molar-refractivity contribution in [3.05, 3.63) is 113 Å². The summed E-state index contributed by atoms with van der Waals surface area (Å²) < 4.78 is 41.9. The Balaban J connectivity index is 1.63. The first-order valence-electron chi connectivity index (χ1n) is 16.0. The van der Waals surface area contributed by atoms with Crippen LogP contribution in [0.1, 0.15) is 51.2 Å². The first-order valence-corrected chi connectivity index (χ1v) is 16.0. The summed E-state index contributed by atoms with van der Waals surface area (Å²) in [6, 6.07) is 13.6. The van der Waals surface area contributed by atoms with Crippen molar-refractivity contribution in [3.8, 4) is 11.1 Å². The lowest BCUT2D eigenvalue weighted by molar-refractivity contribution is -0.132. The van der Waals surface area contributed by atoms with Gasteiger partial charge in [0.05, 0.1) is 11.5 Å². The summed E-state index contributed by atoms with van der Waals surface area (Å²) in [5.41, 5.74) is 8.35. The van der Waals surface area contributed by atoms with Gasteiger partial charge in [0.1, 0.15) is 11.6 Å². The molecule has 3 atom stereocenters. The summed E-state index contributed by atoms with van der Waals surface area (Å²) in [4.78, 5) is 32.7. The molecule has 7 nitrogen and oxygen atoms in total. The summed E-state index contributed by atoms with van der Waals surface area (Å²) in [5.74, 6) is -4.02. The number of rotatable bonds is 15. The first-order chi connectivity index (χ1) is 22.4. The van der Waals surface area contributed by atoms with Crippen molar-refractivity contribution in [2.24, 2.45) is 17.1 Å². The van der Waals surface area contributed by atoms with E-state index in [0.29, 0.717) is 30.8 Å². The predicted octanol–water partition coefficient (Wildman–Crippen LogP) is 5.87. The lowest BCUT2D eigenvalue weighted by Gasteiger charge is -2.42. The molecular formula is C37H43F3N4O3. The predicted molar refractivity (Wildman–Crippen MR) is 176 cm³/mol. The smallest absolute Gasteiger partial charge is 0.249 e. The number of pyridine rings is 1. The number of hydrogen-bond donors (Lipinski definition) is 3. The zero-order valence-electron chi connectivity index (χ0n) is 27.1. The third-order valence-corrected chi connectivity index (χ3v) is 8.55. The summed E-state index contributed by atoms with van der Waals surface area (Å²) in [5, 5.41) is 15.0. The molecule has 0 saturated heterocycles. The van der Waals surface area contributed by atoms with E-state index in [0.717, 1.165) is 35.6 Å². The van der Waals surface area contributed by atoms with Crippen LogP contribution in [-0.2, 0) is 22.6 Å². The highest BCUT2D eigenvalue weighted by Crippen LogP contribution is 2.44. The molecule has 0 fully saturated rings. The van der Waals surface area contributed by atoms with Gasteiger partial charge in [0.15, 0.2) is 0 Å². The Labute approximate surface area is 274 Å². The van der Waals surface area contributed by atoms with Crippen LogP contribution in [0.3, 0.4) is 0 Å². The molecule has 2 aromatic carbocycles. The van der Waals surface area contributed by atoms with Crippen LogP contribution in [0.25, 0.3) is 11.1 Å². The van der Waals surface area contributed by atoms with Crippen LogP contribution in [0.4, 0.5) is 13.2 Å². The van der Waals surface area contributed by atoms with Gasteiger partial charge in [-0.3, -0.25) is 9.59 Å². The van der Waals surface area contributed by atoms with Crippen molar-refractivity contribution in [1.82, 2.24) is 15.2 Å². The molecule has 0 bridgehead atoms. The highest BCUT2D eigenvalue weighted by molar-refractivity contribution is 5.97. The van der Waals surface area contributed by atoms with Crippen LogP contribution in [0.5, 0.6) is 0 Å². The minimum atomic E-state index is -1.52. The van der Waals surface area contributed by atoms with Crippen LogP contribution >= 0.6 is 0 Å². The normalized spacial score (nSPS) is 17.4. The van der Waals surface area contributed by atoms with Gasteiger partial charge in [-0.2, -0.15) is 4.39 Å². The lowest BCUT2D eigenvalue weighted by atomic mass is 9.63. The molecule has 250 valence electrons. The zero-order valence-corrected chi connectivity index (χ0v) is 27.1. The maximum Gasteiger partial charge on any atom is 0.249 e. The number of halogens is 3. The molecule has 1 unspecified atom stereocenters. The number of aliphatic hydroxyl groups excluding tert-OH is 1. The number of carbonyl (C=O) groups excluding carboxylic acids is 2. The van der Waals surface area contributed by atoms with E-state index in [9.17, 15) is 27.9 Å². The molecule has 4 rings (SSSR count). The molecular weight excluding hydrogens is 605 g/mol. The number of aliphatic hydroxyl groups is 1. The van der Waals surface area contributed by atoms with E-state index in [2.05, 4.69) is 10.3 Å². The number of aromatic nitrogens is 1. The first kappa shape index (κ1) is 35.6. The molecule has 0 aliphatic heterocycles. The topological polar surface area (TPSA) is 109 Å². The Hall–Kier alpha value is -4.28. The molecule has 2 amide bonds. The van der Waals surface area contributed by atoms with Gasteiger partial charge in [0.2, 0.25) is 17.8 Å². The molecule has 4 N–H and O–H groups in total. The summed E-state index contributed by atoms with van der Waals surface area (Å²) in [6.45, 7) is 7.18. The van der Waals surface area contributed by atoms with Crippen molar-refractivity contribution in [1.29, 1.82) is 0 Å². The molecule has 10 heteroatoms. The fourth-order valence-corrected chi connectivity index (χ4v) is 6.47. The number of nitrogens with one attached hydrogen (secondary N) is 1. The Kier molecular flexibility index (Phi) is 12.1. The SMILES string of the molecule is CCCN(CCC)C(=O)C1=CC(C)=CC(C(N)=O)([C@H](Cc2cc(F)cc(F)c2)[C@@H](O)CNCc2cccc(-c3ccc(F)nc3)c2)C1. The van der Waals surface area contributed by atoms with Gasteiger partial charge in [0.25, 0.3) is 0 Å². The summed E-state index contributed by atoms with van der Waals surface area (Å²) in [7, 11) is 0. The molecule has 47 heavy (non-hydrogen) atoms. The second kappa shape index (κ2) is 16.0. The zero-order chi connectivity index (χ0) is 34.1. The molecule has 1 aliphatic carbocycles. The van der Waals surface area contributed by atoms with Crippen molar-refractivity contribution in [2.75, 3.05) is 19.6 Å². The monoisotopic (exact) mass is 648 g/mol. The van der Waals surface area contributed by atoms with Gasteiger partial charge in [-0.25, -0.2) is 13.8 Å². The Morgan fingerprint density at radius 1 is 1.00 bits per heavy atom. The van der Waals surface area contributed by atoms with Crippen molar-refractivity contribution in [3.63, 3.8) is 0 Å². The van der Waals surface area contributed by atoms with E-state index in [1.165, 1.54) is 24.4 Å². The largest absolute Gasteiger partial charge is 0.391 e. The Bertz CT molecular complexity index is 1600. The number of carbonyl (C=O) groups is 2. The van der Waals surface area contributed by atoms with Crippen molar-refractivity contribution in [2.45, 2.75) is 59.1 Å². The van der Waals surface area contributed by atoms with Gasteiger partial charge in [0, 0.05) is 55.5 Å². The average molecular weight is 649 g/mol. The van der Waals surface area contributed by atoms with E-state index in [4.69, 9.17) is 5.73 Å². The Morgan fingerprint density at radius 2 is 1.70 bits per heavy atom. The highest BCUT2D eigenvalue weighted by Gasteiger charge is 2.48. The molecule has 0 spiro atoms. The maximum atomic E-state index is 14.3. The second-order valence-corrected chi connectivity index (χ2v) is 12.3. The van der Waals surface area contributed by atoms with Gasteiger partial charge in [-0.1, -0.05) is 49.8 Å². The fraction of sp³-hybridized carbons (Fsp3) is 0.378. The molecule has 3 aromatic rings. The van der Waals surface area contributed by atoms with Crippen LogP contribution in [0.15, 0.2) is 84.1 Å². The lowest BCUT2D eigenvalue weighted by Crippen LogP contribution is -2.51. The van der Waals surface area contributed by atoms with Gasteiger partial charge >= 0.3 is 0 Å². The van der Waals surface area contributed by atoms with E-state index in [-0.39, 0.29) is 30.9 Å². The highest BCUT2D eigenvalue weighted by atomic mass is 19.1. The fourth-order valence-electron chi connectivity index (χ4n) is 6.47. The van der Waals surface area contributed by atoms with Gasteiger partial charge in [-0.05, 0) is 79.6 Å². The third kappa shape index (κ3) is 8.96. The number of nitrogens with two attached hydrogens (primary N) is 1. The average Bonchev–Trinajstić information content (AvgIpc) is 3.02. The van der Waals surface area contributed by atoms with E-state index in [1.807, 2.05) is 38.1 Å². The van der Waals surface area contributed by atoms with Crippen molar-refractivity contribution < 1.29 is 27.9 Å². The number of allylic oxidation sites excluding steroid dienone is 2. The van der Waals surface area contributed by atoms with E-state index < -0.39 is 40.9 Å². The van der Waals surface area contributed by atoms with Crippen LogP contribution in [0.2, 0.25) is 0 Å². The molecule has 1 aromatic heterocycles. The number of amides is 2. The minimum Gasteiger partial charge on any atom is -0.391 e. The quantitative estimate of drug-likeness (QED) is 0.179. The standard InChI is InChI=1S/C37H43F3N4O3/c1-4-11-44(12-5-2)35(46)29-13-24(3)19-37(20-29,36(41)47)32(17-26-15-30(38)18-31(39)16-26)33(45)23-42-21-25-7-6-8-27(14-25)28-9-10-34(40)43-22-28/h6-10,13-16,18-19,22,32-33,42,45H,4-5,11-12,17,20-21,23H2,1-3H3,(H2,41,47)/t32-,33+,37?/m1/s1. The third-order valence-electron chi connectivity index (χ3n) is 8.55. The molecule has 1 heterocycles. The van der Waals surface area contributed by atoms with Crippen LogP contribution in [-0.4, -0.2) is 52.5 Å². The van der Waals surface area contributed by atoms with Crippen molar-refractivity contribution >= 4 is 11.8 Å². The second-order valence-electron chi connectivity index (χ2n) is 12.3. The maximum absolute atomic E-state index is 14.3. The van der Waals surface area contributed by atoms with Crippen LogP contribution < -0.4 is 11.1 Å². The number of nitrogens with zero attached hydrogens (tertiary/aromatic N) is 2. The van der Waals surface area contributed by atoms with Crippen LogP contribution in [0, 0.1) is 28.9 Å². The Morgan fingerprint density at radius 3 is 2.32 bits per heavy atom. The minimum absolute atomic E-state index is 0.0114. The molecule has 1 aliphatic rings.